The Morgan fingerprint density at radius 3 is 2.48 bits per heavy atom. The van der Waals surface area contributed by atoms with Gasteiger partial charge in [0.05, 0.1) is 27.7 Å². The van der Waals surface area contributed by atoms with E-state index in [-0.39, 0.29) is 23.2 Å². The first-order valence-corrected chi connectivity index (χ1v) is 8.41. The van der Waals surface area contributed by atoms with Gasteiger partial charge < -0.3 is 9.30 Å². The minimum absolute atomic E-state index is 0.0390. The highest BCUT2D eigenvalue weighted by Crippen LogP contribution is 2.30. The van der Waals surface area contributed by atoms with E-state index in [1.807, 2.05) is 0 Å². The lowest BCUT2D eigenvalue weighted by Crippen LogP contribution is -2.21. The Hall–Kier alpha value is -2.68. The molecule has 3 rings (SSSR count). The van der Waals surface area contributed by atoms with E-state index in [1.54, 1.807) is 0 Å². The summed E-state index contributed by atoms with van der Waals surface area (Å²) in [6, 6.07) is 3.17. The number of fused-ring (bicyclic) bond motifs is 1. The van der Waals surface area contributed by atoms with Gasteiger partial charge in [0, 0.05) is 12.3 Å². The summed E-state index contributed by atoms with van der Waals surface area (Å²) in [5.41, 5.74) is -1.93. The molecule has 2 aromatic carbocycles. The van der Waals surface area contributed by atoms with E-state index in [0.717, 1.165) is 22.9 Å². The SMILES string of the molecule is CCOC(=O)c1cn(-c2ccc(F)cc2F)c2c(Br)c(F)c(F)cc2c1=O. The standard InChI is InChI=1S/C18H10BrF4NO3/c1-2-27-18(26)10-7-24(13-4-3-8(20)5-11(13)21)16-9(17(10)25)6-12(22)15(23)14(16)19/h3-7H,2H2,1H3. The van der Waals surface area contributed by atoms with Gasteiger partial charge in [0.25, 0.3) is 0 Å². The predicted molar refractivity (Wildman–Crippen MR) is 93.0 cm³/mol. The molecule has 0 aliphatic carbocycles. The molecule has 4 nitrogen and oxygen atoms in total. The van der Waals surface area contributed by atoms with Gasteiger partial charge in [0.1, 0.15) is 17.2 Å². The van der Waals surface area contributed by atoms with Crippen molar-refractivity contribution in [2.75, 3.05) is 6.61 Å². The molecule has 0 unspecified atom stereocenters. The number of aromatic nitrogens is 1. The molecule has 0 fully saturated rings. The quantitative estimate of drug-likeness (QED) is 0.340. The topological polar surface area (TPSA) is 48.3 Å². The average molecular weight is 444 g/mol. The van der Waals surface area contributed by atoms with Crippen LogP contribution in [0.15, 0.2) is 39.7 Å². The van der Waals surface area contributed by atoms with Crippen LogP contribution in [-0.2, 0) is 4.74 Å². The van der Waals surface area contributed by atoms with Crippen LogP contribution in [0.5, 0.6) is 0 Å². The molecule has 140 valence electrons. The zero-order chi connectivity index (χ0) is 19.9. The summed E-state index contributed by atoms with van der Waals surface area (Å²) >= 11 is 2.86. The highest BCUT2D eigenvalue weighted by atomic mass is 79.9. The summed E-state index contributed by atoms with van der Waals surface area (Å²) < 4.78 is 60.8. The molecule has 27 heavy (non-hydrogen) atoms. The normalized spacial score (nSPS) is 11.0. The summed E-state index contributed by atoms with van der Waals surface area (Å²) in [6.07, 6.45) is 0.946. The van der Waals surface area contributed by atoms with Gasteiger partial charge in [-0.3, -0.25) is 4.79 Å². The van der Waals surface area contributed by atoms with E-state index >= 15 is 0 Å². The second-order valence-corrected chi connectivity index (χ2v) is 6.23. The zero-order valence-corrected chi connectivity index (χ0v) is 15.2. The van der Waals surface area contributed by atoms with Gasteiger partial charge in [-0.15, -0.1) is 0 Å². The minimum Gasteiger partial charge on any atom is -0.462 e. The lowest BCUT2D eigenvalue weighted by atomic mass is 10.1. The Bertz CT molecular complexity index is 1140. The maximum absolute atomic E-state index is 14.3. The molecule has 0 aliphatic heterocycles. The van der Waals surface area contributed by atoms with Crippen molar-refractivity contribution in [3.63, 3.8) is 0 Å². The summed E-state index contributed by atoms with van der Waals surface area (Å²) in [6.45, 7) is 1.48. The molecule has 0 spiro atoms. The molecule has 3 aromatic rings. The van der Waals surface area contributed by atoms with Gasteiger partial charge >= 0.3 is 5.97 Å². The van der Waals surface area contributed by atoms with Crippen LogP contribution in [0.3, 0.4) is 0 Å². The molecule has 0 aliphatic rings. The van der Waals surface area contributed by atoms with E-state index in [9.17, 15) is 27.2 Å². The van der Waals surface area contributed by atoms with E-state index in [1.165, 1.54) is 6.92 Å². The highest BCUT2D eigenvalue weighted by Gasteiger charge is 2.23. The Labute approximate surface area is 158 Å². The van der Waals surface area contributed by atoms with Crippen LogP contribution in [0.4, 0.5) is 17.6 Å². The number of ether oxygens (including phenoxy) is 1. The summed E-state index contributed by atoms with van der Waals surface area (Å²) in [5, 5.41) is -0.380. The minimum atomic E-state index is -1.33. The number of rotatable bonds is 3. The number of carbonyl (C=O) groups excluding carboxylic acids is 1. The Kier molecular flexibility index (Phi) is 5.05. The van der Waals surface area contributed by atoms with Crippen LogP contribution in [0.25, 0.3) is 16.6 Å². The number of nitrogens with zero attached hydrogens (tertiary/aromatic N) is 1. The van der Waals surface area contributed by atoms with Crippen molar-refractivity contribution < 1.29 is 27.1 Å². The predicted octanol–water partition coefficient (Wildman–Crippen LogP) is 4.49. The number of halogens is 5. The maximum Gasteiger partial charge on any atom is 0.343 e. The summed E-state index contributed by atoms with van der Waals surface area (Å²) in [7, 11) is 0. The lowest BCUT2D eigenvalue weighted by Gasteiger charge is -2.16. The Morgan fingerprint density at radius 2 is 1.85 bits per heavy atom. The van der Waals surface area contributed by atoms with E-state index in [0.29, 0.717) is 12.1 Å². The number of esters is 1. The van der Waals surface area contributed by atoms with Crippen LogP contribution in [0.1, 0.15) is 17.3 Å². The molecule has 1 aromatic heterocycles. The molecular weight excluding hydrogens is 434 g/mol. The highest BCUT2D eigenvalue weighted by molar-refractivity contribution is 9.10. The van der Waals surface area contributed by atoms with Gasteiger partial charge in [-0.1, -0.05) is 0 Å². The van der Waals surface area contributed by atoms with Crippen LogP contribution >= 0.6 is 15.9 Å². The number of pyridine rings is 1. The second-order valence-electron chi connectivity index (χ2n) is 5.44. The van der Waals surface area contributed by atoms with Crippen molar-refractivity contribution in [2.24, 2.45) is 0 Å². The van der Waals surface area contributed by atoms with E-state index in [4.69, 9.17) is 4.74 Å². The third kappa shape index (κ3) is 3.23. The number of hydrogen-bond acceptors (Lipinski definition) is 3. The van der Waals surface area contributed by atoms with Crippen molar-refractivity contribution in [1.29, 1.82) is 0 Å². The van der Waals surface area contributed by atoms with E-state index < -0.39 is 44.7 Å². The average Bonchev–Trinajstić information content (AvgIpc) is 2.61. The summed E-state index contributed by atoms with van der Waals surface area (Å²) in [5.74, 6) is -5.54. The van der Waals surface area contributed by atoms with Gasteiger partial charge in [-0.2, -0.15) is 0 Å². The third-order valence-corrected chi connectivity index (χ3v) is 4.51. The molecule has 0 N–H and O–H groups in total. The number of hydrogen-bond donors (Lipinski definition) is 0. The van der Waals surface area contributed by atoms with Crippen molar-refractivity contribution in [3.05, 3.63) is 74.0 Å². The monoisotopic (exact) mass is 443 g/mol. The zero-order valence-electron chi connectivity index (χ0n) is 13.7. The maximum atomic E-state index is 14.3. The van der Waals surface area contributed by atoms with E-state index in [2.05, 4.69) is 15.9 Å². The second kappa shape index (κ2) is 7.15. The molecule has 0 atom stereocenters. The van der Waals surface area contributed by atoms with Crippen LogP contribution < -0.4 is 5.43 Å². The molecule has 0 bridgehead atoms. The van der Waals surface area contributed by atoms with Gasteiger partial charge in [0.15, 0.2) is 11.6 Å². The molecule has 1 heterocycles. The Balaban J connectivity index is 2.50. The first kappa shape index (κ1) is 19.1. The van der Waals surface area contributed by atoms with Crippen LogP contribution in [0, 0.1) is 23.3 Å². The summed E-state index contributed by atoms with van der Waals surface area (Å²) in [4.78, 5) is 24.7. The van der Waals surface area contributed by atoms with Gasteiger partial charge in [-0.25, -0.2) is 22.4 Å². The van der Waals surface area contributed by atoms with Gasteiger partial charge in [-0.05, 0) is 41.1 Å². The molecular formula is C18H10BrF4NO3. The van der Waals surface area contributed by atoms with Crippen molar-refractivity contribution in [1.82, 2.24) is 4.57 Å². The molecule has 0 saturated carbocycles. The fourth-order valence-electron chi connectivity index (χ4n) is 2.61. The van der Waals surface area contributed by atoms with Crippen LogP contribution in [0.2, 0.25) is 0 Å². The lowest BCUT2D eigenvalue weighted by molar-refractivity contribution is 0.0524. The van der Waals surface area contributed by atoms with Crippen molar-refractivity contribution in [3.8, 4) is 5.69 Å². The van der Waals surface area contributed by atoms with Crippen LogP contribution in [-0.4, -0.2) is 17.1 Å². The smallest absolute Gasteiger partial charge is 0.343 e. The first-order valence-electron chi connectivity index (χ1n) is 7.61. The fraction of sp³-hybridized carbons (Fsp3) is 0.111. The third-order valence-electron chi connectivity index (χ3n) is 3.79. The van der Waals surface area contributed by atoms with Gasteiger partial charge in [0.2, 0.25) is 5.43 Å². The number of carbonyl (C=O) groups is 1. The number of benzene rings is 2. The molecule has 9 heteroatoms. The van der Waals surface area contributed by atoms with Crippen molar-refractivity contribution >= 4 is 32.8 Å². The molecule has 0 saturated heterocycles. The molecule has 0 amide bonds. The fourth-order valence-corrected chi connectivity index (χ4v) is 3.21. The largest absolute Gasteiger partial charge is 0.462 e. The first-order chi connectivity index (χ1) is 12.8. The molecule has 0 radical (unpaired) electrons. The van der Waals surface area contributed by atoms with Crippen molar-refractivity contribution in [2.45, 2.75) is 6.92 Å². The Morgan fingerprint density at radius 1 is 1.15 bits per heavy atom.